The number of hydrogen-bond acceptors (Lipinski definition) is 8. The number of alkyl halides is 1. The van der Waals surface area contributed by atoms with Crippen molar-refractivity contribution < 1.29 is 38.8 Å². The second-order valence-corrected chi connectivity index (χ2v) is 15.9. The fourth-order valence-corrected chi connectivity index (χ4v) is 6.67. The van der Waals surface area contributed by atoms with Crippen LogP contribution >= 0.6 is 9.24 Å². The molecule has 2 heterocycles. The van der Waals surface area contributed by atoms with Crippen molar-refractivity contribution in [1.82, 2.24) is 14.7 Å². The van der Waals surface area contributed by atoms with E-state index in [0.29, 0.717) is 35.6 Å². The smallest absolute Gasteiger partial charge is 0.453 e. The molecule has 3 fully saturated rings. The molecule has 1 aliphatic heterocycles. The topological polar surface area (TPSA) is 134 Å². The maximum atomic E-state index is 14.8. The first-order valence-corrected chi connectivity index (χ1v) is 18.0. The van der Waals surface area contributed by atoms with Gasteiger partial charge in [0.15, 0.2) is 5.41 Å². The lowest BCUT2D eigenvalue weighted by atomic mass is 9.92. The number of aliphatic hydroxyl groups is 3. The van der Waals surface area contributed by atoms with Crippen LogP contribution in [0.25, 0.3) is 0 Å². The number of hydrogen-bond donors (Lipinski definition) is 3. The van der Waals surface area contributed by atoms with E-state index in [0.717, 1.165) is 36.9 Å². The lowest BCUT2D eigenvalue weighted by molar-refractivity contribution is -0.419. The van der Waals surface area contributed by atoms with E-state index >= 15 is 0 Å². The summed E-state index contributed by atoms with van der Waals surface area (Å²) < 4.78 is 26.2. The fourth-order valence-electron chi connectivity index (χ4n) is 6.44. The van der Waals surface area contributed by atoms with Gasteiger partial charge in [-0.15, -0.1) is 0 Å². The van der Waals surface area contributed by atoms with Crippen LogP contribution in [0.15, 0.2) is 24.3 Å². The fraction of sp³-hybridized carbons (Fsp3) is 0.694. The van der Waals surface area contributed by atoms with E-state index in [-0.39, 0.29) is 42.2 Å². The Morgan fingerprint density at radius 1 is 1.15 bits per heavy atom. The minimum atomic E-state index is -3.30. The molecule has 3 aliphatic rings. The summed E-state index contributed by atoms with van der Waals surface area (Å²) in [4.78, 5) is 26.4. The van der Waals surface area contributed by atoms with Crippen molar-refractivity contribution in [3.63, 3.8) is 0 Å². The normalized spacial score (nSPS) is 21.4. The molecule has 2 saturated carbocycles. The van der Waals surface area contributed by atoms with Gasteiger partial charge < -0.3 is 29.7 Å². The largest absolute Gasteiger partial charge is 0.463 e. The van der Waals surface area contributed by atoms with Gasteiger partial charge in [0, 0.05) is 18.9 Å². The average molecular weight is 692 g/mol. The Morgan fingerprint density at radius 3 is 2.42 bits per heavy atom. The zero-order valence-electron chi connectivity index (χ0n) is 29.4. The predicted molar refractivity (Wildman–Crippen MR) is 183 cm³/mol. The Labute approximate surface area is 286 Å². The number of nitrogens with zero attached hydrogens (tertiary/aromatic N) is 3. The highest BCUT2D eigenvalue weighted by atomic mass is 31.0. The molecule has 0 radical (unpaired) electrons. The van der Waals surface area contributed by atoms with E-state index in [4.69, 9.17) is 9.47 Å². The molecule has 1 saturated heterocycles. The third kappa shape index (κ3) is 11.0. The minimum Gasteiger partial charge on any atom is -0.463 e. The standard InChI is InChI=1S/C23H31FN3O5P.C13H24O2/c1-13-9-10-26(21(13)16-5-4-6-18(14(16)2)32-23(29,30)31)20(28)12-27-19(22(3,24)33)11-17(25-27)15-7-8-15;1-11(2)15-12(14)7-5-4-6-8-13(3)9-10-13/h4-6,11,13,15,21,29-31H,7-10,12,33H2,1-3H3;11H,4-10H2,1-3H3/t13-,21?,22?;/m1./s1. The highest BCUT2D eigenvalue weighted by Crippen LogP contribution is 2.49. The van der Waals surface area contributed by atoms with E-state index in [1.807, 2.05) is 26.8 Å². The molecule has 0 bridgehead atoms. The zero-order valence-corrected chi connectivity index (χ0v) is 30.5. The van der Waals surface area contributed by atoms with Crippen molar-refractivity contribution in [3.05, 3.63) is 46.8 Å². The number of likely N-dealkylation sites (tertiary alicyclic amines) is 1. The highest BCUT2D eigenvalue weighted by molar-refractivity contribution is 7.18. The van der Waals surface area contributed by atoms with Crippen LogP contribution < -0.4 is 4.74 Å². The van der Waals surface area contributed by atoms with Crippen molar-refractivity contribution in [3.8, 4) is 5.75 Å². The molecular formula is C36H55FN3O7P. The molecule has 268 valence electrons. The van der Waals surface area contributed by atoms with Gasteiger partial charge in [-0.1, -0.05) is 48.1 Å². The summed E-state index contributed by atoms with van der Waals surface area (Å²) >= 11 is 0. The van der Waals surface area contributed by atoms with Gasteiger partial charge in [0.1, 0.15) is 12.3 Å². The van der Waals surface area contributed by atoms with Crippen LogP contribution in [0.2, 0.25) is 0 Å². The SMILES string of the molecule is CC(C)OC(=O)CCCCCC1(C)CC1.Cc1c(OC(O)(O)O)cccc1C1[C@H](C)CCN1C(=O)Cn1nc(C2CC2)cc1C(C)(F)P. The second-order valence-electron chi connectivity index (χ2n) is 14.8. The molecule has 2 aliphatic carbocycles. The van der Waals surface area contributed by atoms with Gasteiger partial charge in [-0.25, -0.2) is 4.39 Å². The first-order chi connectivity index (χ1) is 22.4. The molecule has 1 aromatic carbocycles. The van der Waals surface area contributed by atoms with Gasteiger partial charge in [0.05, 0.1) is 23.5 Å². The molecule has 12 heteroatoms. The summed E-state index contributed by atoms with van der Waals surface area (Å²) in [5.41, 5.74) is 3.24. The van der Waals surface area contributed by atoms with Crippen LogP contribution in [0.3, 0.4) is 0 Å². The van der Waals surface area contributed by atoms with Crippen molar-refractivity contribution in [2.24, 2.45) is 11.3 Å². The monoisotopic (exact) mass is 691 g/mol. The summed E-state index contributed by atoms with van der Waals surface area (Å²) in [6.45, 7) is 11.8. The number of rotatable bonds is 14. The number of benzene rings is 1. The summed E-state index contributed by atoms with van der Waals surface area (Å²) in [6, 6.07) is 6.53. The summed E-state index contributed by atoms with van der Waals surface area (Å²) in [5, 5.41) is 30.5. The third-order valence-electron chi connectivity index (χ3n) is 9.62. The van der Waals surface area contributed by atoms with Crippen LogP contribution in [0.1, 0.15) is 133 Å². The minimum absolute atomic E-state index is 0.0304. The Morgan fingerprint density at radius 2 is 1.83 bits per heavy atom. The maximum Gasteiger partial charge on any atom is 0.453 e. The van der Waals surface area contributed by atoms with Crippen molar-refractivity contribution >= 4 is 21.1 Å². The zero-order chi connectivity index (χ0) is 35.4. The van der Waals surface area contributed by atoms with Crippen molar-refractivity contribution in [2.45, 2.75) is 142 Å². The number of esters is 1. The van der Waals surface area contributed by atoms with Crippen LogP contribution in [0, 0.1) is 18.3 Å². The van der Waals surface area contributed by atoms with Gasteiger partial charge >= 0.3 is 12.1 Å². The Balaban J connectivity index is 0.000000291. The Hall–Kier alpha value is -2.59. The molecular weight excluding hydrogens is 636 g/mol. The number of ether oxygens (including phenoxy) is 2. The molecule has 48 heavy (non-hydrogen) atoms. The predicted octanol–water partition coefficient (Wildman–Crippen LogP) is 6.35. The molecule has 1 aromatic heterocycles. The lowest BCUT2D eigenvalue weighted by Crippen LogP contribution is -2.36. The van der Waals surface area contributed by atoms with E-state index in [1.54, 1.807) is 24.0 Å². The van der Waals surface area contributed by atoms with Gasteiger partial charge in [-0.05, 0) is 107 Å². The summed E-state index contributed by atoms with van der Waals surface area (Å²) in [6.07, 6.45) is 7.75. The van der Waals surface area contributed by atoms with E-state index in [1.165, 1.54) is 49.8 Å². The maximum absolute atomic E-state index is 14.8. The number of aromatic nitrogens is 2. The van der Waals surface area contributed by atoms with Gasteiger partial charge in [0.25, 0.3) is 0 Å². The van der Waals surface area contributed by atoms with Gasteiger partial charge in [0.2, 0.25) is 5.91 Å². The molecule has 3 N–H and O–H groups in total. The second kappa shape index (κ2) is 15.5. The van der Waals surface area contributed by atoms with Crippen LogP contribution in [0.5, 0.6) is 5.75 Å². The molecule has 3 unspecified atom stereocenters. The molecule has 5 rings (SSSR count). The molecule has 4 atom stereocenters. The quantitative estimate of drug-likeness (QED) is 0.0904. The number of unbranched alkanes of at least 4 members (excludes halogenated alkanes) is 2. The average Bonchev–Trinajstić information content (AvgIpc) is 3.87. The van der Waals surface area contributed by atoms with E-state index in [9.17, 15) is 29.3 Å². The van der Waals surface area contributed by atoms with E-state index < -0.39 is 11.6 Å². The highest BCUT2D eigenvalue weighted by Gasteiger charge is 2.39. The Bertz CT molecular complexity index is 1410. The Kier molecular flexibility index (Phi) is 12.4. The molecule has 2 aromatic rings. The van der Waals surface area contributed by atoms with Crippen molar-refractivity contribution in [2.75, 3.05) is 6.54 Å². The first kappa shape index (κ1) is 38.2. The molecule has 10 nitrogen and oxygen atoms in total. The summed E-state index contributed by atoms with van der Waals surface area (Å²) in [5.74, 6) is 0.372. The van der Waals surface area contributed by atoms with Crippen LogP contribution in [-0.4, -0.2) is 60.7 Å². The van der Waals surface area contributed by atoms with Gasteiger partial charge in [-0.2, -0.15) is 5.10 Å². The number of carbonyl (C=O) groups excluding carboxylic acids is 2. The lowest BCUT2D eigenvalue weighted by Gasteiger charge is -2.30. The summed E-state index contributed by atoms with van der Waals surface area (Å²) in [7, 11) is 2.18. The van der Waals surface area contributed by atoms with Crippen LogP contribution in [-0.2, 0) is 26.3 Å². The number of carbonyl (C=O) groups is 2. The first-order valence-electron chi connectivity index (χ1n) is 17.4. The number of halogens is 1. The third-order valence-corrected chi connectivity index (χ3v) is 9.92. The van der Waals surface area contributed by atoms with E-state index in [2.05, 4.69) is 21.3 Å². The molecule has 1 amide bonds. The number of amides is 1. The molecule has 0 spiro atoms. The van der Waals surface area contributed by atoms with Crippen LogP contribution in [0.4, 0.5) is 4.39 Å². The van der Waals surface area contributed by atoms with Crippen molar-refractivity contribution in [1.29, 1.82) is 0 Å². The van der Waals surface area contributed by atoms with Gasteiger partial charge in [-0.3, -0.25) is 14.3 Å².